The van der Waals surface area contributed by atoms with Crippen LogP contribution in [0.3, 0.4) is 0 Å². The van der Waals surface area contributed by atoms with Gasteiger partial charge in [-0.15, -0.1) is 11.8 Å². The highest BCUT2D eigenvalue weighted by molar-refractivity contribution is 8.06. The lowest BCUT2D eigenvalue weighted by atomic mass is 9.91. The van der Waals surface area contributed by atoms with Crippen molar-refractivity contribution >= 4 is 35.5 Å². The molecular weight excluding hydrogens is 272 g/mol. The summed E-state index contributed by atoms with van der Waals surface area (Å²) in [6, 6.07) is 0. The third kappa shape index (κ3) is 5.10. The molecule has 0 saturated carbocycles. The van der Waals surface area contributed by atoms with E-state index >= 15 is 0 Å². The average molecular weight is 292 g/mol. The Labute approximate surface area is 117 Å². The maximum absolute atomic E-state index is 11.7. The number of hydrogen-bond donors (Lipinski definition) is 0. The van der Waals surface area contributed by atoms with Gasteiger partial charge in [0.1, 0.15) is 0 Å². The number of ether oxygens (including phenoxy) is 2. The van der Waals surface area contributed by atoms with Gasteiger partial charge in [-0.1, -0.05) is 6.92 Å². The van der Waals surface area contributed by atoms with Crippen LogP contribution in [0.2, 0.25) is 0 Å². The number of carbonyl (C=O) groups excluding carboxylic acids is 2. The fourth-order valence-corrected chi connectivity index (χ4v) is 3.57. The van der Waals surface area contributed by atoms with Crippen LogP contribution in [0, 0.1) is 5.41 Å². The Bertz CT molecular complexity index is 298. The molecule has 0 aromatic carbocycles. The van der Waals surface area contributed by atoms with Gasteiger partial charge in [0.05, 0.1) is 5.41 Å². The summed E-state index contributed by atoms with van der Waals surface area (Å²) in [5.74, 6) is 2.08. The van der Waals surface area contributed by atoms with Crippen LogP contribution in [0.4, 0.5) is 0 Å². The number of rotatable bonds is 5. The molecule has 1 rings (SSSR count). The molecule has 0 aliphatic carbocycles. The van der Waals surface area contributed by atoms with E-state index in [0.717, 1.165) is 17.3 Å². The van der Waals surface area contributed by atoms with Crippen molar-refractivity contribution in [2.75, 3.05) is 23.9 Å². The summed E-state index contributed by atoms with van der Waals surface area (Å²) in [5.41, 5.74) is -0.649. The molecule has 1 heterocycles. The van der Waals surface area contributed by atoms with Gasteiger partial charge in [0.25, 0.3) is 0 Å². The Morgan fingerprint density at radius 3 is 2.61 bits per heavy atom. The van der Waals surface area contributed by atoms with Crippen LogP contribution in [0.15, 0.2) is 0 Å². The van der Waals surface area contributed by atoms with Crippen LogP contribution in [-0.4, -0.2) is 41.2 Å². The van der Waals surface area contributed by atoms with Crippen molar-refractivity contribution in [1.82, 2.24) is 0 Å². The molecule has 1 aliphatic rings. The highest BCUT2D eigenvalue weighted by Gasteiger charge is 2.28. The van der Waals surface area contributed by atoms with Gasteiger partial charge in [-0.3, -0.25) is 4.79 Å². The van der Waals surface area contributed by atoms with Crippen molar-refractivity contribution in [3.05, 3.63) is 0 Å². The van der Waals surface area contributed by atoms with Crippen LogP contribution < -0.4 is 0 Å². The normalized spacial score (nSPS) is 20.3. The predicted molar refractivity (Wildman–Crippen MR) is 74.7 cm³/mol. The molecule has 1 saturated heterocycles. The Morgan fingerprint density at radius 1 is 1.33 bits per heavy atom. The highest BCUT2D eigenvalue weighted by atomic mass is 32.2. The molecule has 1 aliphatic heterocycles. The Balaban J connectivity index is 2.26. The van der Waals surface area contributed by atoms with Gasteiger partial charge in [-0.25, -0.2) is 4.79 Å². The third-order valence-corrected chi connectivity index (χ3v) is 5.38. The molecule has 0 aromatic rings. The molecule has 18 heavy (non-hydrogen) atoms. The second kappa shape index (κ2) is 7.28. The van der Waals surface area contributed by atoms with Gasteiger partial charge < -0.3 is 9.47 Å². The first kappa shape index (κ1) is 15.7. The van der Waals surface area contributed by atoms with E-state index < -0.39 is 11.4 Å². The fraction of sp³-hybridized carbons (Fsp3) is 0.833. The topological polar surface area (TPSA) is 52.6 Å². The summed E-state index contributed by atoms with van der Waals surface area (Å²) in [6.07, 6.45) is 0.677. The summed E-state index contributed by atoms with van der Waals surface area (Å²) in [7, 11) is 0. The van der Waals surface area contributed by atoms with Crippen LogP contribution in [0.25, 0.3) is 0 Å². The van der Waals surface area contributed by atoms with Crippen molar-refractivity contribution in [3.63, 3.8) is 0 Å². The van der Waals surface area contributed by atoms with Crippen molar-refractivity contribution in [2.24, 2.45) is 5.41 Å². The molecule has 0 spiro atoms. The van der Waals surface area contributed by atoms with Crippen molar-refractivity contribution < 1.29 is 19.1 Å². The van der Waals surface area contributed by atoms with E-state index in [1.54, 1.807) is 37.4 Å². The minimum Gasteiger partial charge on any atom is -0.453 e. The summed E-state index contributed by atoms with van der Waals surface area (Å²) >= 11 is 3.40. The number of thioether (sulfide) groups is 2. The SMILES string of the molecule is CCC(C)(C)C(=O)OCC(=O)OC1CSCCS1. The minimum atomic E-state index is -0.546. The van der Waals surface area contributed by atoms with Crippen molar-refractivity contribution in [1.29, 1.82) is 0 Å². The molecule has 0 aromatic heterocycles. The molecule has 4 nitrogen and oxygen atoms in total. The molecule has 104 valence electrons. The zero-order valence-corrected chi connectivity index (χ0v) is 12.7. The first-order valence-electron chi connectivity index (χ1n) is 6.02. The molecule has 1 atom stereocenters. The third-order valence-electron chi connectivity index (χ3n) is 2.81. The molecule has 1 fully saturated rings. The first-order chi connectivity index (χ1) is 8.45. The number of carbonyl (C=O) groups is 2. The molecular formula is C12H20O4S2. The van der Waals surface area contributed by atoms with E-state index in [2.05, 4.69) is 0 Å². The summed E-state index contributed by atoms with van der Waals surface area (Å²) in [6.45, 7) is 5.22. The van der Waals surface area contributed by atoms with E-state index in [4.69, 9.17) is 9.47 Å². The second-order valence-electron chi connectivity index (χ2n) is 4.68. The summed E-state index contributed by atoms with van der Waals surface area (Å²) in [4.78, 5) is 23.2. The first-order valence-corrected chi connectivity index (χ1v) is 8.22. The maximum Gasteiger partial charge on any atom is 0.345 e. The van der Waals surface area contributed by atoms with Crippen LogP contribution in [0.5, 0.6) is 0 Å². The van der Waals surface area contributed by atoms with Gasteiger partial charge in [0, 0.05) is 17.3 Å². The van der Waals surface area contributed by atoms with Gasteiger partial charge >= 0.3 is 11.9 Å². The Kier molecular flexibility index (Phi) is 6.35. The average Bonchev–Trinajstić information content (AvgIpc) is 2.37. The van der Waals surface area contributed by atoms with E-state index in [-0.39, 0.29) is 18.0 Å². The Hall–Kier alpha value is -0.360. The largest absolute Gasteiger partial charge is 0.453 e. The lowest BCUT2D eigenvalue weighted by Crippen LogP contribution is -2.30. The Morgan fingerprint density at radius 2 is 2.06 bits per heavy atom. The van der Waals surface area contributed by atoms with Crippen LogP contribution in [-0.2, 0) is 19.1 Å². The predicted octanol–water partition coefficient (Wildman–Crippen LogP) is 2.32. The smallest absolute Gasteiger partial charge is 0.345 e. The number of esters is 2. The zero-order chi connectivity index (χ0) is 13.6. The monoisotopic (exact) mass is 292 g/mol. The molecule has 0 N–H and O–H groups in total. The maximum atomic E-state index is 11.7. The second-order valence-corrected chi connectivity index (χ2v) is 7.10. The molecule has 6 heteroatoms. The minimum absolute atomic E-state index is 0.103. The highest BCUT2D eigenvalue weighted by Crippen LogP contribution is 2.25. The van der Waals surface area contributed by atoms with E-state index in [9.17, 15) is 9.59 Å². The molecule has 1 unspecified atom stereocenters. The van der Waals surface area contributed by atoms with Crippen LogP contribution >= 0.6 is 23.5 Å². The molecule has 0 bridgehead atoms. The van der Waals surface area contributed by atoms with Crippen LogP contribution in [0.1, 0.15) is 27.2 Å². The fourth-order valence-electron chi connectivity index (χ4n) is 1.18. The molecule has 0 radical (unpaired) electrons. The van der Waals surface area contributed by atoms with E-state index in [1.807, 2.05) is 6.92 Å². The summed E-state index contributed by atoms with van der Waals surface area (Å²) in [5, 5.41) is 0. The van der Waals surface area contributed by atoms with E-state index in [1.165, 1.54) is 0 Å². The van der Waals surface area contributed by atoms with Crippen molar-refractivity contribution in [2.45, 2.75) is 32.6 Å². The van der Waals surface area contributed by atoms with E-state index in [0.29, 0.717) is 6.42 Å². The standard InChI is InChI=1S/C12H20O4S2/c1-4-12(2,3)11(14)15-7-9(13)16-10-8-17-5-6-18-10/h10H,4-8H2,1-3H3. The lowest BCUT2D eigenvalue weighted by Gasteiger charge is -2.22. The lowest BCUT2D eigenvalue weighted by molar-refractivity contribution is -0.165. The summed E-state index contributed by atoms with van der Waals surface area (Å²) < 4.78 is 10.2. The number of hydrogen-bond acceptors (Lipinski definition) is 6. The van der Waals surface area contributed by atoms with Gasteiger partial charge in [-0.05, 0) is 20.3 Å². The van der Waals surface area contributed by atoms with Gasteiger partial charge in [-0.2, -0.15) is 11.8 Å². The van der Waals surface area contributed by atoms with Crippen molar-refractivity contribution in [3.8, 4) is 0 Å². The molecule has 0 amide bonds. The zero-order valence-electron chi connectivity index (χ0n) is 11.1. The quantitative estimate of drug-likeness (QED) is 0.725. The van der Waals surface area contributed by atoms with Gasteiger partial charge in [0.2, 0.25) is 0 Å². The van der Waals surface area contributed by atoms with Gasteiger partial charge in [0.15, 0.2) is 12.0 Å².